The summed E-state index contributed by atoms with van der Waals surface area (Å²) in [4.78, 5) is 9.22. The maximum absolute atomic E-state index is 14.1. The molecule has 0 bridgehead atoms. The second kappa shape index (κ2) is 8.62. The van der Waals surface area contributed by atoms with Crippen LogP contribution in [0.2, 0.25) is 0 Å². The van der Waals surface area contributed by atoms with Gasteiger partial charge in [0.05, 0.1) is 11.6 Å². The second-order valence-electron chi connectivity index (χ2n) is 6.87. The molecule has 3 rings (SSSR count). The van der Waals surface area contributed by atoms with Crippen LogP contribution in [0.25, 0.3) is 0 Å². The minimum atomic E-state index is -0.119. The average molecular weight is 375 g/mol. The van der Waals surface area contributed by atoms with E-state index in [4.69, 9.17) is 4.99 Å². The first kappa shape index (κ1) is 18.8. The first-order valence-electron chi connectivity index (χ1n) is 9.31. The van der Waals surface area contributed by atoms with Crippen LogP contribution in [-0.4, -0.2) is 30.6 Å². The molecule has 140 valence electrons. The van der Waals surface area contributed by atoms with Crippen molar-refractivity contribution >= 4 is 17.3 Å². The molecule has 1 aliphatic carbocycles. The van der Waals surface area contributed by atoms with Crippen molar-refractivity contribution in [3.05, 3.63) is 51.7 Å². The molecule has 26 heavy (non-hydrogen) atoms. The van der Waals surface area contributed by atoms with E-state index in [0.717, 1.165) is 56.0 Å². The molecular weight excluding hydrogens is 347 g/mol. The smallest absolute Gasteiger partial charge is 0.191 e. The van der Waals surface area contributed by atoms with Gasteiger partial charge in [0, 0.05) is 36.0 Å². The molecule has 4 nitrogen and oxygen atoms in total. The van der Waals surface area contributed by atoms with Crippen molar-refractivity contribution in [1.29, 1.82) is 0 Å². The minimum Gasteiger partial charge on any atom is -0.357 e. The largest absolute Gasteiger partial charge is 0.357 e. The van der Waals surface area contributed by atoms with E-state index in [0.29, 0.717) is 6.54 Å². The molecule has 0 spiro atoms. The van der Waals surface area contributed by atoms with Crippen molar-refractivity contribution in [2.75, 3.05) is 19.6 Å². The fourth-order valence-corrected chi connectivity index (χ4v) is 3.91. The Kier molecular flexibility index (Phi) is 6.25. The second-order valence-corrected chi connectivity index (χ2v) is 7.81. The highest BCUT2D eigenvalue weighted by molar-refractivity contribution is 7.09. The molecule has 0 amide bonds. The van der Waals surface area contributed by atoms with Crippen molar-refractivity contribution < 1.29 is 4.39 Å². The van der Waals surface area contributed by atoms with Gasteiger partial charge in [0.2, 0.25) is 0 Å². The van der Waals surface area contributed by atoms with Crippen LogP contribution in [0.5, 0.6) is 0 Å². The topological polar surface area (TPSA) is 49.3 Å². The lowest BCUT2D eigenvalue weighted by Crippen LogP contribution is -2.38. The SMILES string of the molecule is CCNC(=NCC1(c2ccccc2F)CC1)NCCCc1nc(C)cs1. The van der Waals surface area contributed by atoms with E-state index in [1.807, 2.05) is 19.1 Å². The van der Waals surface area contributed by atoms with Crippen LogP contribution in [0.3, 0.4) is 0 Å². The van der Waals surface area contributed by atoms with E-state index in [1.165, 1.54) is 5.01 Å². The van der Waals surface area contributed by atoms with Gasteiger partial charge in [-0.2, -0.15) is 0 Å². The van der Waals surface area contributed by atoms with Gasteiger partial charge in [-0.3, -0.25) is 4.99 Å². The Balaban J connectivity index is 1.53. The van der Waals surface area contributed by atoms with Crippen LogP contribution in [-0.2, 0) is 11.8 Å². The van der Waals surface area contributed by atoms with Crippen molar-refractivity contribution in [2.45, 2.75) is 44.9 Å². The normalized spacial score (nSPS) is 15.7. The maximum Gasteiger partial charge on any atom is 0.191 e. The van der Waals surface area contributed by atoms with Gasteiger partial charge in [0.15, 0.2) is 5.96 Å². The predicted octanol–water partition coefficient (Wildman–Crippen LogP) is 3.81. The zero-order valence-electron chi connectivity index (χ0n) is 15.5. The summed E-state index contributed by atoms with van der Waals surface area (Å²) in [7, 11) is 0. The van der Waals surface area contributed by atoms with E-state index < -0.39 is 0 Å². The third-order valence-electron chi connectivity index (χ3n) is 4.71. The van der Waals surface area contributed by atoms with E-state index in [1.54, 1.807) is 23.5 Å². The number of hydrogen-bond acceptors (Lipinski definition) is 3. The molecular formula is C20H27FN4S. The number of hydrogen-bond donors (Lipinski definition) is 2. The molecule has 6 heteroatoms. The Morgan fingerprint density at radius 1 is 1.31 bits per heavy atom. The van der Waals surface area contributed by atoms with Crippen molar-refractivity contribution in [1.82, 2.24) is 15.6 Å². The molecule has 0 radical (unpaired) electrons. The van der Waals surface area contributed by atoms with E-state index in [9.17, 15) is 4.39 Å². The number of benzene rings is 1. The molecule has 2 N–H and O–H groups in total. The molecule has 0 unspecified atom stereocenters. The molecule has 1 aliphatic rings. The molecule has 0 aliphatic heterocycles. The highest BCUT2D eigenvalue weighted by Crippen LogP contribution is 2.49. The van der Waals surface area contributed by atoms with Gasteiger partial charge in [-0.1, -0.05) is 18.2 Å². The van der Waals surface area contributed by atoms with Crippen LogP contribution in [0.4, 0.5) is 4.39 Å². The van der Waals surface area contributed by atoms with Crippen LogP contribution in [0, 0.1) is 12.7 Å². The Bertz CT molecular complexity index is 752. The Morgan fingerprint density at radius 3 is 2.77 bits per heavy atom. The highest BCUT2D eigenvalue weighted by atomic mass is 32.1. The number of thiazole rings is 1. The molecule has 1 saturated carbocycles. The predicted molar refractivity (Wildman–Crippen MR) is 106 cm³/mol. The summed E-state index contributed by atoms with van der Waals surface area (Å²) in [6.45, 7) is 6.35. The van der Waals surface area contributed by atoms with E-state index in [2.05, 4.69) is 27.9 Å². The number of aryl methyl sites for hydroxylation is 2. The Labute approximate surface area is 159 Å². The molecule has 0 atom stereocenters. The molecule has 1 aromatic heterocycles. The van der Waals surface area contributed by atoms with Gasteiger partial charge >= 0.3 is 0 Å². The summed E-state index contributed by atoms with van der Waals surface area (Å²) in [6, 6.07) is 7.09. The lowest BCUT2D eigenvalue weighted by molar-refractivity contribution is 0.572. The standard InChI is InChI=1S/C20H27FN4S/c1-3-22-19(23-12-6-9-18-25-15(2)13-26-18)24-14-20(10-11-20)16-7-4-5-8-17(16)21/h4-5,7-8,13H,3,6,9-12,14H2,1-2H3,(H2,22,23,24). The van der Waals surface area contributed by atoms with Gasteiger partial charge in [0.25, 0.3) is 0 Å². The Morgan fingerprint density at radius 2 is 2.12 bits per heavy atom. The summed E-state index contributed by atoms with van der Waals surface area (Å²) in [5.41, 5.74) is 1.78. The average Bonchev–Trinajstić information content (AvgIpc) is 3.31. The molecule has 0 saturated heterocycles. The number of aromatic nitrogens is 1. The van der Waals surface area contributed by atoms with Crippen molar-refractivity contribution in [2.24, 2.45) is 4.99 Å². The highest BCUT2D eigenvalue weighted by Gasteiger charge is 2.45. The van der Waals surface area contributed by atoms with Crippen LogP contribution in [0.15, 0.2) is 34.6 Å². The number of rotatable bonds is 8. The summed E-state index contributed by atoms with van der Waals surface area (Å²) in [6.07, 6.45) is 3.99. The number of nitrogens with one attached hydrogen (secondary N) is 2. The fourth-order valence-electron chi connectivity index (χ4n) is 3.09. The van der Waals surface area contributed by atoms with Crippen molar-refractivity contribution in [3.63, 3.8) is 0 Å². The number of aliphatic imine (C=N–C) groups is 1. The van der Waals surface area contributed by atoms with Crippen molar-refractivity contribution in [3.8, 4) is 0 Å². The summed E-state index contributed by atoms with van der Waals surface area (Å²) >= 11 is 1.72. The molecule has 1 aromatic carbocycles. The maximum atomic E-state index is 14.1. The Hall–Kier alpha value is -1.95. The number of halogens is 1. The quantitative estimate of drug-likeness (QED) is 0.420. The van der Waals surface area contributed by atoms with E-state index in [-0.39, 0.29) is 11.2 Å². The lowest BCUT2D eigenvalue weighted by atomic mass is 9.95. The van der Waals surface area contributed by atoms with Gasteiger partial charge in [-0.05, 0) is 44.7 Å². The molecule has 2 aromatic rings. The lowest BCUT2D eigenvalue weighted by Gasteiger charge is -2.16. The monoisotopic (exact) mass is 374 g/mol. The zero-order valence-corrected chi connectivity index (χ0v) is 16.3. The van der Waals surface area contributed by atoms with Gasteiger partial charge < -0.3 is 10.6 Å². The van der Waals surface area contributed by atoms with E-state index >= 15 is 0 Å². The van der Waals surface area contributed by atoms with Gasteiger partial charge in [0.1, 0.15) is 5.82 Å². The van der Waals surface area contributed by atoms with Gasteiger partial charge in [-0.25, -0.2) is 9.37 Å². The summed E-state index contributed by atoms with van der Waals surface area (Å²) in [5.74, 6) is 0.697. The number of nitrogens with zero attached hydrogens (tertiary/aromatic N) is 2. The van der Waals surface area contributed by atoms with Crippen LogP contribution >= 0.6 is 11.3 Å². The fraction of sp³-hybridized carbons (Fsp3) is 0.500. The summed E-state index contributed by atoms with van der Waals surface area (Å²) in [5, 5.41) is 9.94. The minimum absolute atomic E-state index is 0.114. The summed E-state index contributed by atoms with van der Waals surface area (Å²) < 4.78 is 14.1. The molecule has 1 fully saturated rings. The van der Waals surface area contributed by atoms with Crippen LogP contribution in [0.1, 0.15) is 42.5 Å². The molecule has 1 heterocycles. The first-order valence-corrected chi connectivity index (χ1v) is 10.2. The van der Waals surface area contributed by atoms with Gasteiger partial charge in [-0.15, -0.1) is 11.3 Å². The first-order chi connectivity index (χ1) is 12.6. The number of guanidine groups is 1. The zero-order chi connectivity index (χ0) is 18.4. The third kappa shape index (κ3) is 4.81. The van der Waals surface area contributed by atoms with Crippen LogP contribution < -0.4 is 10.6 Å². The third-order valence-corrected chi connectivity index (χ3v) is 5.74.